The highest BCUT2D eigenvalue weighted by molar-refractivity contribution is 9.10. The normalized spacial score (nSPS) is 11.3. The van der Waals surface area contributed by atoms with E-state index in [0.29, 0.717) is 10.0 Å². The van der Waals surface area contributed by atoms with Gasteiger partial charge in [0.05, 0.1) is 16.2 Å². The lowest BCUT2D eigenvalue weighted by molar-refractivity contribution is 0.0696. The summed E-state index contributed by atoms with van der Waals surface area (Å²) >= 11 is 3.12. The Bertz CT molecular complexity index is 785. The summed E-state index contributed by atoms with van der Waals surface area (Å²) in [4.78, 5) is 10.8. The molecule has 4 nitrogen and oxygen atoms in total. The van der Waals surface area contributed by atoms with E-state index < -0.39 is 21.6 Å². The van der Waals surface area contributed by atoms with E-state index in [4.69, 9.17) is 5.11 Å². The van der Waals surface area contributed by atoms with Crippen molar-refractivity contribution in [1.82, 2.24) is 0 Å². The van der Waals surface area contributed by atoms with Gasteiger partial charge in [-0.05, 0) is 42.0 Å². The number of aromatic carboxylic acids is 1. The molecule has 0 aliphatic heterocycles. The standard InChI is InChI=1S/C14H10BrFO4S/c15-13-7-11(16)4-1-10(13)8-21(19,20)12-5-2-9(3-6-12)14(17)18/h1-7H,8H2,(H,17,18). The number of carboxylic acids is 1. The zero-order valence-corrected chi connectivity index (χ0v) is 13.0. The number of sulfone groups is 1. The lowest BCUT2D eigenvalue weighted by Crippen LogP contribution is -2.06. The predicted molar refractivity (Wildman–Crippen MR) is 78.4 cm³/mol. The maximum absolute atomic E-state index is 13.0. The molecule has 0 heterocycles. The van der Waals surface area contributed by atoms with Gasteiger partial charge in [0.15, 0.2) is 9.84 Å². The van der Waals surface area contributed by atoms with Crippen LogP contribution in [0.2, 0.25) is 0 Å². The van der Waals surface area contributed by atoms with Crippen LogP contribution in [0.25, 0.3) is 0 Å². The third-order valence-electron chi connectivity index (χ3n) is 2.82. The fourth-order valence-corrected chi connectivity index (χ4v) is 3.79. The van der Waals surface area contributed by atoms with Gasteiger partial charge in [-0.3, -0.25) is 0 Å². The number of benzene rings is 2. The van der Waals surface area contributed by atoms with Gasteiger partial charge in [-0.1, -0.05) is 22.0 Å². The number of halogens is 2. The summed E-state index contributed by atoms with van der Waals surface area (Å²) in [5, 5.41) is 8.78. The Morgan fingerprint density at radius 1 is 1.14 bits per heavy atom. The topological polar surface area (TPSA) is 71.4 Å². The van der Waals surface area contributed by atoms with E-state index >= 15 is 0 Å². The zero-order chi connectivity index (χ0) is 15.6. The van der Waals surface area contributed by atoms with Gasteiger partial charge in [0.2, 0.25) is 0 Å². The third-order valence-corrected chi connectivity index (χ3v) is 5.24. The van der Waals surface area contributed by atoms with Crippen molar-refractivity contribution in [3.05, 3.63) is 63.9 Å². The molecule has 21 heavy (non-hydrogen) atoms. The minimum Gasteiger partial charge on any atom is -0.478 e. The van der Waals surface area contributed by atoms with Gasteiger partial charge >= 0.3 is 5.97 Å². The number of hydrogen-bond acceptors (Lipinski definition) is 3. The first-order valence-electron chi connectivity index (χ1n) is 5.79. The molecule has 0 fully saturated rings. The summed E-state index contributed by atoms with van der Waals surface area (Å²) in [6, 6.07) is 8.72. The third kappa shape index (κ3) is 3.68. The summed E-state index contributed by atoms with van der Waals surface area (Å²) in [6.45, 7) is 0. The fourth-order valence-electron chi connectivity index (χ4n) is 1.73. The van der Waals surface area contributed by atoms with Crippen LogP contribution in [0.1, 0.15) is 15.9 Å². The molecule has 0 aliphatic rings. The minimum absolute atomic E-state index is 0.0110. The Labute approximate surface area is 129 Å². The van der Waals surface area contributed by atoms with Gasteiger partial charge in [0.1, 0.15) is 5.82 Å². The number of rotatable bonds is 4. The fraction of sp³-hybridized carbons (Fsp3) is 0.0714. The molecule has 0 unspecified atom stereocenters. The molecular weight excluding hydrogens is 363 g/mol. The molecule has 0 radical (unpaired) electrons. The van der Waals surface area contributed by atoms with Crippen molar-refractivity contribution in [2.75, 3.05) is 0 Å². The molecule has 2 rings (SSSR count). The highest BCUT2D eigenvalue weighted by Gasteiger charge is 2.17. The average Bonchev–Trinajstić information content (AvgIpc) is 2.42. The molecule has 0 amide bonds. The number of carbonyl (C=O) groups is 1. The highest BCUT2D eigenvalue weighted by Crippen LogP contribution is 2.23. The van der Waals surface area contributed by atoms with Gasteiger partial charge in [-0.15, -0.1) is 0 Å². The van der Waals surface area contributed by atoms with Crippen molar-refractivity contribution in [2.45, 2.75) is 10.6 Å². The van der Waals surface area contributed by atoms with Gasteiger partial charge in [-0.2, -0.15) is 0 Å². The average molecular weight is 373 g/mol. The summed E-state index contributed by atoms with van der Waals surface area (Å²) in [7, 11) is -3.64. The Balaban J connectivity index is 2.31. The van der Waals surface area contributed by atoms with Crippen LogP contribution in [0, 0.1) is 5.82 Å². The summed E-state index contributed by atoms with van der Waals surface area (Å²) in [6.07, 6.45) is 0. The van der Waals surface area contributed by atoms with E-state index in [1.54, 1.807) is 0 Å². The van der Waals surface area contributed by atoms with Gasteiger partial charge in [0.25, 0.3) is 0 Å². The molecule has 7 heteroatoms. The molecule has 2 aromatic rings. The van der Waals surface area contributed by atoms with Crippen molar-refractivity contribution < 1.29 is 22.7 Å². The largest absolute Gasteiger partial charge is 0.478 e. The highest BCUT2D eigenvalue weighted by atomic mass is 79.9. The lowest BCUT2D eigenvalue weighted by atomic mass is 10.2. The first kappa shape index (κ1) is 15.7. The summed E-state index contributed by atoms with van der Waals surface area (Å²) in [5.74, 6) is -1.89. The molecule has 0 aromatic heterocycles. The summed E-state index contributed by atoms with van der Waals surface area (Å²) in [5.41, 5.74) is 0.440. The molecule has 0 bridgehead atoms. The molecule has 110 valence electrons. The van der Waals surface area contributed by atoms with Crippen molar-refractivity contribution in [3.63, 3.8) is 0 Å². The van der Waals surface area contributed by atoms with Crippen LogP contribution in [0.15, 0.2) is 51.8 Å². The van der Waals surface area contributed by atoms with Crippen LogP contribution in [-0.2, 0) is 15.6 Å². The van der Waals surface area contributed by atoms with Crippen molar-refractivity contribution in [1.29, 1.82) is 0 Å². The second-order valence-electron chi connectivity index (χ2n) is 4.32. The van der Waals surface area contributed by atoms with Gasteiger partial charge in [0, 0.05) is 4.47 Å². The van der Waals surface area contributed by atoms with E-state index in [2.05, 4.69) is 15.9 Å². The Kier molecular flexibility index (Phi) is 4.43. The van der Waals surface area contributed by atoms with E-state index in [0.717, 1.165) is 0 Å². The monoisotopic (exact) mass is 372 g/mol. The number of hydrogen-bond donors (Lipinski definition) is 1. The van der Waals surface area contributed by atoms with Crippen molar-refractivity contribution in [2.24, 2.45) is 0 Å². The Morgan fingerprint density at radius 3 is 2.29 bits per heavy atom. The second-order valence-corrected chi connectivity index (χ2v) is 7.17. The van der Waals surface area contributed by atoms with Crippen LogP contribution in [-0.4, -0.2) is 19.5 Å². The van der Waals surface area contributed by atoms with E-state index in [1.165, 1.54) is 42.5 Å². The molecule has 0 saturated heterocycles. The van der Waals surface area contributed by atoms with Crippen molar-refractivity contribution in [3.8, 4) is 0 Å². The molecular formula is C14H10BrFO4S. The van der Waals surface area contributed by atoms with E-state index in [9.17, 15) is 17.6 Å². The van der Waals surface area contributed by atoms with Crippen LogP contribution in [0.4, 0.5) is 4.39 Å². The molecule has 1 N–H and O–H groups in total. The van der Waals surface area contributed by atoms with E-state index in [1.807, 2.05) is 0 Å². The first-order chi connectivity index (χ1) is 9.79. The molecule has 0 spiro atoms. The van der Waals surface area contributed by atoms with Crippen LogP contribution < -0.4 is 0 Å². The smallest absolute Gasteiger partial charge is 0.335 e. The lowest BCUT2D eigenvalue weighted by Gasteiger charge is -2.07. The van der Waals surface area contributed by atoms with Gasteiger partial charge in [-0.25, -0.2) is 17.6 Å². The SMILES string of the molecule is O=C(O)c1ccc(S(=O)(=O)Cc2ccc(F)cc2Br)cc1. The second kappa shape index (κ2) is 5.95. The maximum atomic E-state index is 13.0. The van der Waals surface area contributed by atoms with Crippen LogP contribution >= 0.6 is 15.9 Å². The Morgan fingerprint density at radius 2 is 1.76 bits per heavy atom. The van der Waals surface area contributed by atoms with Crippen LogP contribution in [0.3, 0.4) is 0 Å². The molecule has 0 saturated carbocycles. The van der Waals surface area contributed by atoms with Crippen molar-refractivity contribution >= 4 is 31.7 Å². The quantitative estimate of drug-likeness (QED) is 0.893. The Hall–Kier alpha value is -1.73. The maximum Gasteiger partial charge on any atom is 0.335 e. The summed E-state index contributed by atoms with van der Waals surface area (Å²) < 4.78 is 37.9. The zero-order valence-electron chi connectivity index (χ0n) is 10.6. The predicted octanol–water partition coefficient (Wildman–Crippen LogP) is 3.26. The van der Waals surface area contributed by atoms with E-state index in [-0.39, 0.29) is 16.2 Å². The van der Waals surface area contributed by atoms with Gasteiger partial charge < -0.3 is 5.11 Å². The first-order valence-corrected chi connectivity index (χ1v) is 8.24. The molecule has 0 aliphatic carbocycles. The number of carboxylic acid groups (broad SMARTS) is 1. The molecule has 0 atom stereocenters. The molecule has 2 aromatic carbocycles. The van der Waals surface area contributed by atoms with Crippen LogP contribution in [0.5, 0.6) is 0 Å². The minimum atomic E-state index is -3.64.